The fourth-order valence-corrected chi connectivity index (χ4v) is 4.24. The topological polar surface area (TPSA) is 109 Å². The van der Waals surface area contributed by atoms with Crippen molar-refractivity contribution in [2.75, 3.05) is 5.32 Å². The number of aromatic amines is 1. The van der Waals surface area contributed by atoms with Gasteiger partial charge in [-0.2, -0.15) is 0 Å². The zero-order valence-electron chi connectivity index (χ0n) is 16.6. The summed E-state index contributed by atoms with van der Waals surface area (Å²) in [7, 11) is 0. The summed E-state index contributed by atoms with van der Waals surface area (Å²) in [6.45, 7) is 5.11. The van der Waals surface area contributed by atoms with Gasteiger partial charge in [0, 0.05) is 35.5 Å². The zero-order valence-corrected chi connectivity index (χ0v) is 17.5. The second kappa shape index (κ2) is 7.68. The van der Waals surface area contributed by atoms with Crippen molar-refractivity contribution >= 4 is 33.8 Å². The molecular formula is C21H19N5O3S. The first-order valence-corrected chi connectivity index (χ1v) is 10.1. The average molecular weight is 421 g/mol. The Hall–Kier alpha value is -3.59. The number of nitrogens with one attached hydrogen (secondary N) is 2. The maximum absolute atomic E-state index is 12.7. The molecule has 1 amide bonds. The standard InChI is InChI=1S/C21H19N5O3S/c1-11-15(12(2)26-16(22-11)10-18(29)25-26)9-17(28)23-21-24-19(20(30-21)13(3)27)14-7-5-4-6-8-14/h4-8,10H,9H2,1-3H3,(H,25,29)(H,23,24,28). The number of nitrogens with zero attached hydrogens (tertiary/aromatic N) is 3. The molecule has 0 fully saturated rings. The van der Waals surface area contributed by atoms with E-state index in [1.165, 1.54) is 13.0 Å². The SMILES string of the molecule is CC(=O)c1sc(NC(=O)Cc2c(C)nc3cc(=O)[nH]n3c2C)nc1-c1ccccc1. The van der Waals surface area contributed by atoms with Crippen LogP contribution in [0.25, 0.3) is 16.9 Å². The Bertz CT molecular complexity index is 1330. The van der Waals surface area contributed by atoms with Gasteiger partial charge in [-0.25, -0.2) is 14.5 Å². The normalized spacial score (nSPS) is 11.0. The van der Waals surface area contributed by atoms with Gasteiger partial charge < -0.3 is 5.32 Å². The zero-order chi connectivity index (χ0) is 21.4. The second-order valence-corrected chi connectivity index (χ2v) is 7.92. The summed E-state index contributed by atoms with van der Waals surface area (Å²) in [5.41, 5.74) is 3.77. The number of thiazole rings is 1. The molecule has 3 aromatic heterocycles. The molecule has 0 spiro atoms. The fourth-order valence-electron chi connectivity index (χ4n) is 3.34. The van der Waals surface area contributed by atoms with Gasteiger partial charge in [-0.3, -0.25) is 19.5 Å². The highest BCUT2D eigenvalue weighted by Crippen LogP contribution is 2.31. The summed E-state index contributed by atoms with van der Waals surface area (Å²) < 4.78 is 1.57. The van der Waals surface area contributed by atoms with E-state index in [1.54, 1.807) is 11.4 Å². The Balaban J connectivity index is 1.62. The third-order valence-electron chi connectivity index (χ3n) is 4.78. The smallest absolute Gasteiger partial charge is 0.266 e. The number of benzene rings is 1. The van der Waals surface area contributed by atoms with Crippen molar-refractivity contribution in [2.24, 2.45) is 0 Å². The van der Waals surface area contributed by atoms with Crippen LogP contribution in [0.5, 0.6) is 0 Å². The van der Waals surface area contributed by atoms with Crippen molar-refractivity contribution in [2.45, 2.75) is 27.2 Å². The number of H-pyrrole nitrogens is 1. The molecule has 0 aliphatic heterocycles. The highest BCUT2D eigenvalue weighted by molar-refractivity contribution is 7.18. The minimum Gasteiger partial charge on any atom is -0.302 e. The number of Topliss-reactive ketones (excluding diaryl/α,β-unsaturated/α-hetero) is 1. The van der Waals surface area contributed by atoms with Crippen LogP contribution in [0.15, 0.2) is 41.2 Å². The molecule has 1 aromatic carbocycles. The lowest BCUT2D eigenvalue weighted by atomic mass is 10.1. The van der Waals surface area contributed by atoms with Crippen molar-refractivity contribution in [3.8, 4) is 11.3 Å². The van der Waals surface area contributed by atoms with E-state index in [0.29, 0.717) is 27.0 Å². The minimum absolute atomic E-state index is 0.0659. The van der Waals surface area contributed by atoms with E-state index in [2.05, 4.69) is 20.4 Å². The molecule has 30 heavy (non-hydrogen) atoms. The predicted octanol–water partition coefficient (Wildman–Crippen LogP) is 3.15. The molecule has 3 heterocycles. The molecular weight excluding hydrogens is 402 g/mol. The highest BCUT2D eigenvalue weighted by Gasteiger charge is 2.19. The first-order valence-electron chi connectivity index (χ1n) is 9.28. The lowest BCUT2D eigenvalue weighted by molar-refractivity contribution is -0.115. The molecule has 9 heteroatoms. The van der Waals surface area contributed by atoms with Crippen molar-refractivity contribution in [3.63, 3.8) is 0 Å². The van der Waals surface area contributed by atoms with Crippen LogP contribution in [0, 0.1) is 13.8 Å². The monoisotopic (exact) mass is 421 g/mol. The van der Waals surface area contributed by atoms with Gasteiger partial charge in [0.25, 0.3) is 5.56 Å². The molecule has 0 atom stereocenters. The molecule has 0 aliphatic rings. The predicted molar refractivity (Wildman–Crippen MR) is 115 cm³/mol. The Morgan fingerprint density at radius 1 is 1.17 bits per heavy atom. The quantitative estimate of drug-likeness (QED) is 0.481. The lowest BCUT2D eigenvalue weighted by Gasteiger charge is -2.11. The van der Waals surface area contributed by atoms with Crippen LogP contribution in [-0.2, 0) is 11.2 Å². The molecule has 4 rings (SSSR count). The molecule has 0 bridgehead atoms. The minimum atomic E-state index is -0.277. The molecule has 8 nitrogen and oxygen atoms in total. The number of rotatable bonds is 5. The van der Waals surface area contributed by atoms with Crippen LogP contribution in [0.2, 0.25) is 0 Å². The van der Waals surface area contributed by atoms with E-state index in [4.69, 9.17) is 0 Å². The first-order chi connectivity index (χ1) is 14.3. The molecule has 0 radical (unpaired) electrons. The van der Waals surface area contributed by atoms with Crippen molar-refractivity contribution in [3.05, 3.63) is 68.6 Å². The van der Waals surface area contributed by atoms with Crippen LogP contribution in [-0.4, -0.2) is 31.3 Å². The molecule has 2 N–H and O–H groups in total. The number of ketones is 1. The second-order valence-electron chi connectivity index (χ2n) is 6.92. The van der Waals surface area contributed by atoms with Crippen LogP contribution < -0.4 is 10.9 Å². The van der Waals surface area contributed by atoms with Crippen molar-refractivity contribution in [1.82, 2.24) is 19.6 Å². The van der Waals surface area contributed by atoms with Crippen LogP contribution >= 0.6 is 11.3 Å². The van der Waals surface area contributed by atoms with Gasteiger partial charge in [0.2, 0.25) is 5.91 Å². The van der Waals surface area contributed by atoms with E-state index in [1.807, 2.05) is 37.3 Å². The largest absolute Gasteiger partial charge is 0.302 e. The molecule has 4 aromatic rings. The fraction of sp³-hybridized carbons (Fsp3) is 0.190. The molecule has 0 unspecified atom stereocenters. The summed E-state index contributed by atoms with van der Waals surface area (Å²) in [6.07, 6.45) is 0.0659. The van der Waals surface area contributed by atoms with Crippen molar-refractivity contribution < 1.29 is 9.59 Å². The summed E-state index contributed by atoms with van der Waals surface area (Å²) in [5.74, 6) is -0.384. The molecule has 0 saturated heterocycles. The summed E-state index contributed by atoms with van der Waals surface area (Å²) in [5, 5.41) is 5.83. The number of amides is 1. The van der Waals surface area contributed by atoms with Crippen LogP contribution in [0.3, 0.4) is 0 Å². The summed E-state index contributed by atoms with van der Waals surface area (Å²) in [4.78, 5) is 45.8. The van der Waals surface area contributed by atoms with E-state index in [-0.39, 0.29) is 23.7 Å². The lowest BCUT2D eigenvalue weighted by Crippen LogP contribution is -2.17. The van der Waals surface area contributed by atoms with Gasteiger partial charge in [0.15, 0.2) is 16.6 Å². The number of hydrogen-bond acceptors (Lipinski definition) is 6. The third kappa shape index (κ3) is 3.67. The molecule has 0 aliphatic carbocycles. The Morgan fingerprint density at radius 2 is 1.90 bits per heavy atom. The van der Waals surface area contributed by atoms with E-state index in [9.17, 15) is 14.4 Å². The number of hydrogen-bond donors (Lipinski definition) is 2. The Kier molecular flexibility index (Phi) is 5.04. The highest BCUT2D eigenvalue weighted by atomic mass is 32.1. The van der Waals surface area contributed by atoms with Crippen LogP contribution in [0.4, 0.5) is 5.13 Å². The average Bonchev–Trinajstić information content (AvgIpc) is 3.29. The summed E-state index contributed by atoms with van der Waals surface area (Å²) in [6, 6.07) is 10.8. The van der Waals surface area contributed by atoms with Crippen molar-refractivity contribution in [1.29, 1.82) is 0 Å². The van der Waals surface area contributed by atoms with Gasteiger partial charge in [-0.1, -0.05) is 41.7 Å². The van der Waals surface area contributed by atoms with Gasteiger partial charge in [-0.05, 0) is 13.8 Å². The van der Waals surface area contributed by atoms with E-state index >= 15 is 0 Å². The Labute approximate surface area is 175 Å². The van der Waals surface area contributed by atoms with Gasteiger partial charge in [-0.15, -0.1) is 0 Å². The number of carbonyl (C=O) groups excluding carboxylic acids is 2. The van der Waals surface area contributed by atoms with Gasteiger partial charge >= 0.3 is 0 Å². The van der Waals surface area contributed by atoms with Gasteiger partial charge in [0.1, 0.15) is 0 Å². The van der Waals surface area contributed by atoms with E-state index in [0.717, 1.165) is 28.2 Å². The third-order valence-corrected chi connectivity index (χ3v) is 5.85. The number of aryl methyl sites for hydroxylation is 2. The first kappa shape index (κ1) is 19.7. The number of anilines is 1. The number of aromatic nitrogens is 4. The Morgan fingerprint density at radius 3 is 2.60 bits per heavy atom. The number of carbonyl (C=O) groups is 2. The molecule has 0 saturated carbocycles. The summed E-state index contributed by atoms with van der Waals surface area (Å²) >= 11 is 1.15. The molecule has 152 valence electrons. The van der Waals surface area contributed by atoms with E-state index < -0.39 is 0 Å². The maximum Gasteiger partial charge on any atom is 0.266 e. The maximum atomic E-state index is 12.7. The van der Waals surface area contributed by atoms with Gasteiger partial charge in [0.05, 0.1) is 17.0 Å². The van der Waals surface area contributed by atoms with Crippen LogP contribution in [0.1, 0.15) is 33.5 Å². The number of fused-ring (bicyclic) bond motifs is 1.